The third-order valence-electron chi connectivity index (χ3n) is 6.51. The van der Waals surface area contributed by atoms with Gasteiger partial charge >= 0.3 is 0 Å². The zero-order chi connectivity index (χ0) is 16.2. The van der Waals surface area contributed by atoms with Crippen molar-refractivity contribution in [1.82, 2.24) is 4.90 Å². The van der Waals surface area contributed by atoms with E-state index in [2.05, 4.69) is 50.9 Å². The largest absolute Gasteiger partial charge is 0.488 e. The Morgan fingerprint density at radius 1 is 1.17 bits per heavy atom. The van der Waals surface area contributed by atoms with Gasteiger partial charge in [-0.15, -0.1) is 0 Å². The lowest BCUT2D eigenvalue weighted by Gasteiger charge is -2.58. The third kappa shape index (κ3) is 2.50. The highest BCUT2D eigenvalue weighted by Gasteiger charge is 2.53. The summed E-state index contributed by atoms with van der Waals surface area (Å²) in [5, 5.41) is 0. The second-order valence-electron chi connectivity index (χ2n) is 9.04. The first-order valence-corrected chi connectivity index (χ1v) is 9.42. The summed E-state index contributed by atoms with van der Waals surface area (Å²) >= 11 is 0. The molecule has 0 aromatic heterocycles. The van der Waals surface area contributed by atoms with Crippen molar-refractivity contribution < 1.29 is 4.74 Å². The van der Waals surface area contributed by atoms with Gasteiger partial charge in [0.2, 0.25) is 0 Å². The molecule has 0 spiro atoms. The molecule has 2 fully saturated rings. The SMILES string of the molecule is CN1CC[C@]23CCCC[C@H]2[C@H]1Cc1ccc(OC(C)(C)C)cc13. The molecule has 2 nitrogen and oxygen atoms in total. The van der Waals surface area contributed by atoms with Crippen LogP contribution in [0.15, 0.2) is 18.2 Å². The number of hydrogen-bond acceptors (Lipinski definition) is 2. The third-order valence-corrected chi connectivity index (χ3v) is 6.51. The number of nitrogens with zero attached hydrogens (tertiary/aromatic N) is 1. The van der Waals surface area contributed by atoms with Crippen LogP contribution in [0.25, 0.3) is 0 Å². The van der Waals surface area contributed by atoms with Gasteiger partial charge in [-0.25, -0.2) is 0 Å². The molecule has 1 saturated heterocycles. The van der Waals surface area contributed by atoms with Crippen molar-refractivity contribution in [3.05, 3.63) is 29.3 Å². The van der Waals surface area contributed by atoms with Crippen LogP contribution in [0.1, 0.15) is 64.0 Å². The van der Waals surface area contributed by atoms with Crippen molar-refractivity contribution in [2.45, 2.75) is 76.4 Å². The minimum absolute atomic E-state index is 0.123. The minimum Gasteiger partial charge on any atom is -0.488 e. The molecule has 3 atom stereocenters. The van der Waals surface area contributed by atoms with Crippen LogP contribution >= 0.6 is 0 Å². The summed E-state index contributed by atoms with van der Waals surface area (Å²) in [4.78, 5) is 2.64. The Kier molecular flexibility index (Phi) is 3.53. The topological polar surface area (TPSA) is 12.5 Å². The summed E-state index contributed by atoms with van der Waals surface area (Å²) in [6.07, 6.45) is 8.18. The van der Waals surface area contributed by atoms with Crippen LogP contribution in [0, 0.1) is 5.92 Å². The fourth-order valence-electron chi connectivity index (χ4n) is 5.59. The van der Waals surface area contributed by atoms with Gasteiger partial charge in [0.05, 0.1) is 0 Å². The van der Waals surface area contributed by atoms with Gasteiger partial charge in [-0.05, 0) is 89.2 Å². The van der Waals surface area contributed by atoms with Gasteiger partial charge in [-0.3, -0.25) is 0 Å². The smallest absolute Gasteiger partial charge is 0.120 e. The van der Waals surface area contributed by atoms with Crippen molar-refractivity contribution >= 4 is 0 Å². The average Bonchev–Trinajstić information content (AvgIpc) is 2.50. The Labute approximate surface area is 141 Å². The van der Waals surface area contributed by atoms with Gasteiger partial charge < -0.3 is 9.64 Å². The number of piperidine rings is 1. The molecular weight excluding hydrogens is 282 g/mol. The molecule has 4 rings (SSSR count). The van der Waals surface area contributed by atoms with E-state index >= 15 is 0 Å². The number of fused-ring (bicyclic) bond motifs is 1. The molecule has 1 aliphatic heterocycles. The number of hydrogen-bond donors (Lipinski definition) is 0. The number of likely N-dealkylation sites (N-methyl/N-ethyl adjacent to an activating group) is 1. The molecule has 0 unspecified atom stereocenters. The molecule has 0 radical (unpaired) electrons. The highest BCUT2D eigenvalue weighted by atomic mass is 16.5. The monoisotopic (exact) mass is 313 g/mol. The Morgan fingerprint density at radius 2 is 2.00 bits per heavy atom. The van der Waals surface area contributed by atoms with Crippen LogP contribution < -0.4 is 4.74 Å². The number of likely N-dealkylation sites (tertiary alicyclic amines) is 1. The molecule has 1 heterocycles. The minimum atomic E-state index is -0.123. The van der Waals surface area contributed by atoms with Crippen LogP contribution in [-0.4, -0.2) is 30.1 Å². The molecule has 0 amide bonds. The van der Waals surface area contributed by atoms with E-state index in [-0.39, 0.29) is 5.60 Å². The average molecular weight is 313 g/mol. The molecule has 1 saturated carbocycles. The predicted octanol–water partition coefficient (Wildman–Crippen LogP) is 4.55. The predicted molar refractivity (Wildman–Crippen MR) is 95.2 cm³/mol. The lowest BCUT2D eigenvalue weighted by molar-refractivity contribution is 0.00251. The van der Waals surface area contributed by atoms with Gasteiger partial charge in [0.1, 0.15) is 11.4 Å². The van der Waals surface area contributed by atoms with Crippen LogP contribution in [0.5, 0.6) is 5.75 Å². The van der Waals surface area contributed by atoms with Crippen molar-refractivity contribution in [3.63, 3.8) is 0 Å². The van der Waals surface area contributed by atoms with Crippen LogP contribution in [0.4, 0.5) is 0 Å². The van der Waals surface area contributed by atoms with E-state index in [0.717, 1.165) is 17.7 Å². The first-order chi connectivity index (χ1) is 10.9. The molecule has 1 aromatic rings. The van der Waals surface area contributed by atoms with Gasteiger partial charge in [-0.2, -0.15) is 0 Å². The lowest BCUT2D eigenvalue weighted by Crippen LogP contribution is -2.59. The molecule has 23 heavy (non-hydrogen) atoms. The van der Waals surface area contributed by atoms with E-state index in [0.29, 0.717) is 5.41 Å². The van der Waals surface area contributed by atoms with Crippen LogP contribution in [0.3, 0.4) is 0 Å². The number of ether oxygens (including phenoxy) is 1. The summed E-state index contributed by atoms with van der Waals surface area (Å²) < 4.78 is 6.19. The molecule has 3 aliphatic rings. The molecular formula is C21H31NO. The van der Waals surface area contributed by atoms with E-state index in [9.17, 15) is 0 Å². The Balaban J connectivity index is 1.79. The Bertz CT molecular complexity index is 602. The summed E-state index contributed by atoms with van der Waals surface area (Å²) in [7, 11) is 2.34. The van der Waals surface area contributed by atoms with Crippen LogP contribution in [0.2, 0.25) is 0 Å². The Hall–Kier alpha value is -1.02. The zero-order valence-corrected chi connectivity index (χ0v) is 15.2. The highest BCUT2D eigenvalue weighted by Crippen LogP contribution is 2.56. The van der Waals surface area contributed by atoms with E-state index in [1.807, 2.05) is 0 Å². The van der Waals surface area contributed by atoms with Gasteiger partial charge in [0, 0.05) is 11.5 Å². The molecule has 126 valence electrons. The van der Waals surface area contributed by atoms with Gasteiger partial charge in [-0.1, -0.05) is 18.9 Å². The lowest BCUT2D eigenvalue weighted by atomic mass is 9.52. The highest BCUT2D eigenvalue weighted by molar-refractivity contribution is 5.45. The van der Waals surface area contributed by atoms with Crippen molar-refractivity contribution in [1.29, 1.82) is 0 Å². The molecule has 2 aliphatic carbocycles. The summed E-state index contributed by atoms with van der Waals surface area (Å²) in [5.74, 6) is 1.92. The second-order valence-corrected chi connectivity index (χ2v) is 9.04. The fourth-order valence-corrected chi connectivity index (χ4v) is 5.59. The fraction of sp³-hybridized carbons (Fsp3) is 0.714. The zero-order valence-electron chi connectivity index (χ0n) is 15.2. The van der Waals surface area contributed by atoms with Crippen molar-refractivity contribution in [2.24, 2.45) is 5.92 Å². The normalized spacial score (nSPS) is 33.7. The van der Waals surface area contributed by atoms with Gasteiger partial charge in [0.25, 0.3) is 0 Å². The van der Waals surface area contributed by atoms with Crippen LogP contribution in [-0.2, 0) is 11.8 Å². The number of benzene rings is 1. The molecule has 2 bridgehead atoms. The molecule has 1 aromatic carbocycles. The van der Waals surface area contributed by atoms with Crippen molar-refractivity contribution in [3.8, 4) is 5.75 Å². The van der Waals surface area contributed by atoms with E-state index in [1.54, 1.807) is 11.1 Å². The second kappa shape index (κ2) is 5.24. The summed E-state index contributed by atoms with van der Waals surface area (Å²) in [5.41, 5.74) is 3.52. The maximum absolute atomic E-state index is 6.19. The first kappa shape index (κ1) is 15.5. The maximum atomic E-state index is 6.19. The Morgan fingerprint density at radius 3 is 2.78 bits per heavy atom. The van der Waals surface area contributed by atoms with E-state index in [1.165, 1.54) is 45.1 Å². The van der Waals surface area contributed by atoms with E-state index in [4.69, 9.17) is 4.74 Å². The first-order valence-electron chi connectivity index (χ1n) is 9.42. The summed E-state index contributed by atoms with van der Waals surface area (Å²) in [6.45, 7) is 7.67. The molecule has 0 N–H and O–H groups in total. The molecule has 2 heteroatoms. The van der Waals surface area contributed by atoms with Crippen molar-refractivity contribution in [2.75, 3.05) is 13.6 Å². The number of rotatable bonds is 1. The maximum Gasteiger partial charge on any atom is 0.120 e. The summed E-state index contributed by atoms with van der Waals surface area (Å²) in [6, 6.07) is 7.71. The van der Waals surface area contributed by atoms with E-state index < -0.39 is 0 Å². The van der Waals surface area contributed by atoms with Gasteiger partial charge in [0.15, 0.2) is 0 Å². The quantitative estimate of drug-likeness (QED) is 0.754. The standard InChI is InChI=1S/C21H31NO/c1-20(2,3)23-16-9-8-15-13-19-17-7-5-6-10-21(17,18(15)14-16)11-12-22(19)4/h8-9,14,17,19H,5-7,10-13H2,1-4H3/t17-,19+,21+/m0/s1.